The lowest BCUT2D eigenvalue weighted by Crippen LogP contribution is -2.19. The second-order valence-electron chi connectivity index (χ2n) is 5.67. The highest BCUT2D eigenvalue weighted by Gasteiger charge is 2.14. The topological polar surface area (TPSA) is 57.2 Å². The Bertz CT molecular complexity index is 1180. The summed E-state index contributed by atoms with van der Waals surface area (Å²) in [6.07, 6.45) is 0. The highest BCUT2D eigenvalue weighted by Crippen LogP contribution is 2.36. The summed E-state index contributed by atoms with van der Waals surface area (Å²) in [4.78, 5) is 19.9. The predicted molar refractivity (Wildman–Crippen MR) is 104 cm³/mol. The van der Waals surface area contributed by atoms with E-state index in [1.807, 2.05) is 18.2 Å². The van der Waals surface area contributed by atoms with Crippen molar-refractivity contribution in [2.24, 2.45) is 4.99 Å². The van der Waals surface area contributed by atoms with E-state index in [4.69, 9.17) is 0 Å². The van der Waals surface area contributed by atoms with Crippen LogP contribution in [0.3, 0.4) is 0 Å². The molecule has 0 amide bonds. The summed E-state index contributed by atoms with van der Waals surface area (Å²) >= 11 is 1.55. The smallest absolute Gasteiger partial charge is 0.266 e. The molecule has 0 unspecified atom stereocenters. The molecule has 1 aliphatic rings. The third kappa shape index (κ3) is 2.12. The minimum atomic E-state index is -0.0159. The molecule has 0 atom stereocenters. The summed E-state index contributed by atoms with van der Waals surface area (Å²) in [7, 11) is 0. The molecule has 2 aromatic carbocycles. The van der Waals surface area contributed by atoms with E-state index >= 15 is 0 Å². The summed E-state index contributed by atoms with van der Waals surface area (Å²) in [5, 5.41) is 6.58. The monoisotopic (exact) mass is 355 g/mol. The molecule has 4 aromatic rings. The zero-order valence-electron chi connectivity index (χ0n) is 12.6. The molecule has 4 nitrogen and oxygen atoms in total. The molecule has 0 radical (unpaired) electrons. The first-order chi connectivity index (χ1) is 11.3. The Morgan fingerprint density at radius 3 is 2.79 bits per heavy atom. The van der Waals surface area contributed by atoms with Gasteiger partial charge in [-0.3, -0.25) is 9.79 Å². The van der Waals surface area contributed by atoms with Gasteiger partial charge in [-0.25, -0.2) is 0 Å². The molecule has 5 rings (SSSR count). The molecule has 24 heavy (non-hydrogen) atoms. The number of hydrogen-bond donors (Lipinski definition) is 2. The van der Waals surface area contributed by atoms with Crippen LogP contribution in [0.1, 0.15) is 5.56 Å². The van der Waals surface area contributed by atoms with Crippen molar-refractivity contribution in [3.63, 3.8) is 0 Å². The normalized spacial score (nSPS) is 13.9. The fraction of sp³-hybridized carbons (Fsp3) is 0.111. The van der Waals surface area contributed by atoms with E-state index in [2.05, 4.69) is 39.6 Å². The number of benzene rings is 2. The number of aromatic amines is 1. The molecule has 3 heterocycles. The van der Waals surface area contributed by atoms with Crippen molar-refractivity contribution in [3.8, 4) is 0 Å². The van der Waals surface area contributed by atoms with Gasteiger partial charge in [0.25, 0.3) is 5.56 Å². The van der Waals surface area contributed by atoms with E-state index in [1.165, 1.54) is 0 Å². The average Bonchev–Trinajstić information content (AvgIpc) is 3.22. The van der Waals surface area contributed by atoms with E-state index in [0.717, 1.165) is 55.6 Å². The number of halogens is 1. The molecule has 0 aliphatic carbocycles. The minimum Gasteiger partial charge on any atom is -0.368 e. The number of aliphatic imine (C=N–C) groups is 1. The molecule has 0 saturated carbocycles. The molecule has 0 bridgehead atoms. The van der Waals surface area contributed by atoms with Crippen LogP contribution in [0.5, 0.6) is 0 Å². The fourth-order valence-electron chi connectivity index (χ4n) is 3.25. The number of aromatic nitrogens is 1. The van der Waals surface area contributed by atoms with E-state index in [-0.39, 0.29) is 18.0 Å². The number of amidine groups is 1. The number of nitrogens with one attached hydrogen (secondary N) is 2. The van der Waals surface area contributed by atoms with Gasteiger partial charge in [0.1, 0.15) is 10.5 Å². The van der Waals surface area contributed by atoms with Crippen molar-refractivity contribution in [2.45, 2.75) is 0 Å². The lowest BCUT2D eigenvalue weighted by molar-refractivity contribution is 0.960. The van der Waals surface area contributed by atoms with Crippen LogP contribution in [0.25, 0.3) is 31.1 Å². The van der Waals surface area contributed by atoms with Gasteiger partial charge < -0.3 is 10.3 Å². The van der Waals surface area contributed by atoms with E-state index in [0.29, 0.717) is 0 Å². The quantitative estimate of drug-likeness (QED) is 0.547. The lowest BCUT2D eigenvalue weighted by atomic mass is 10.1. The molecule has 6 heteroatoms. The van der Waals surface area contributed by atoms with Gasteiger partial charge in [-0.2, -0.15) is 0 Å². The maximum absolute atomic E-state index is 12.4. The molecule has 2 aromatic heterocycles. The second kappa shape index (κ2) is 5.61. The Labute approximate surface area is 147 Å². The first-order valence-electron chi connectivity index (χ1n) is 7.57. The summed E-state index contributed by atoms with van der Waals surface area (Å²) in [6, 6.07) is 14.3. The standard InChI is InChI=1S/C18H13N3OS.ClH/c22-18-16-15(11-3-1-2-4-13(11)21-18)12-6-5-10(9-14(12)23-16)17-19-7-8-20-17;/h1-6,9H,7-8H2,(H,19,20)(H,21,22);1H. The lowest BCUT2D eigenvalue weighted by Gasteiger charge is -2.03. The van der Waals surface area contributed by atoms with E-state index in [9.17, 15) is 4.79 Å². The Morgan fingerprint density at radius 1 is 1.08 bits per heavy atom. The second-order valence-corrected chi connectivity index (χ2v) is 6.73. The highest BCUT2D eigenvalue weighted by molar-refractivity contribution is 7.26. The van der Waals surface area contributed by atoms with Crippen LogP contribution in [0, 0.1) is 0 Å². The van der Waals surface area contributed by atoms with Crippen molar-refractivity contribution < 1.29 is 0 Å². The van der Waals surface area contributed by atoms with Gasteiger partial charge in [0.2, 0.25) is 0 Å². The first kappa shape index (κ1) is 15.2. The van der Waals surface area contributed by atoms with Crippen LogP contribution >= 0.6 is 23.7 Å². The summed E-state index contributed by atoms with van der Waals surface area (Å²) < 4.78 is 1.91. The minimum absolute atomic E-state index is 0. The number of hydrogen-bond acceptors (Lipinski definition) is 4. The Morgan fingerprint density at radius 2 is 1.96 bits per heavy atom. The molecular weight excluding hydrogens is 342 g/mol. The average molecular weight is 356 g/mol. The third-order valence-corrected chi connectivity index (χ3v) is 5.44. The maximum atomic E-state index is 12.4. The molecule has 0 spiro atoms. The molecular formula is C18H14ClN3OS. The van der Waals surface area contributed by atoms with Crippen LogP contribution in [0.4, 0.5) is 0 Å². The number of nitrogens with zero attached hydrogens (tertiary/aromatic N) is 1. The van der Waals surface area contributed by atoms with Gasteiger partial charge in [0.05, 0.1) is 6.54 Å². The van der Waals surface area contributed by atoms with Crippen molar-refractivity contribution in [3.05, 3.63) is 58.4 Å². The number of thiophene rings is 1. The Hall–Kier alpha value is -2.37. The molecule has 1 aliphatic heterocycles. The van der Waals surface area contributed by atoms with Crippen LogP contribution < -0.4 is 10.9 Å². The van der Waals surface area contributed by atoms with Gasteiger partial charge >= 0.3 is 0 Å². The highest BCUT2D eigenvalue weighted by atomic mass is 35.5. The Kier molecular flexibility index (Phi) is 3.55. The van der Waals surface area contributed by atoms with Crippen molar-refractivity contribution in [1.82, 2.24) is 10.3 Å². The van der Waals surface area contributed by atoms with Crippen LogP contribution in [0.2, 0.25) is 0 Å². The van der Waals surface area contributed by atoms with E-state index in [1.54, 1.807) is 11.3 Å². The van der Waals surface area contributed by atoms with Crippen LogP contribution in [-0.4, -0.2) is 23.9 Å². The molecule has 0 saturated heterocycles. The molecule has 120 valence electrons. The number of fused-ring (bicyclic) bond motifs is 5. The van der Waals surface area contributed by atoms with Gasteiger partial charge in [-0.15, -0.1) is 23.7 Å². The maximum Gasteiger partial charge on any atom is 0.266 e. The number of pyridine rings is 1. The molecule has 2 N–H and O–H groups in total. The SMILES string of the molecule is Cl.O=c1[nH]c2ccccc2c2c1sc1cc(C3=NCCN3)ccc12. The summed E-state index contributed by atoms with van der Waals surface area (Å²) in [5.41, 5.74) is 1.95. The number of rotatable bonds is 1. The van der Waals surface area contributed by atoms with Gasteiger partial charge in [0.15, 0.2) is 0 Å². The Balaban J connectivity index is 0.00000146. The van der Waals surface area contributed by atoms with Crippen molar-refractivity contribution in [1.29, 1.82) is 0 Å². The first-order valence-corrected chi connectivity index (χ1v) is 8.39. The predicted octanol–water partition coefficient (Wildman–Crippen LogP) is 3.67. The van der Waals surface area contributed by atoms with Gasteiger partial charge in [-0.1, -0.05) is 30.3 Å². The van der Waals surface area contributed by atoms with Crippen LogP contribution in [-0.2, 0) is 0 Å². The van der Waals surface area contributed by atoms with Crippen molar-refractivity contribution in [2.75, 3.05) is 13.1 Å². The number of para-hydroxylation sites is 1. The largest absolute Gasteiger partial charge is 0.368 e. The zero-order chi connectivity index (χ0) is 15.4. The summed E-state index contributed by atoms with van der Waals surface area (Å²) in [6.45, 7) is 1.72. The zero-order valence-corrected chi connectivity index (χ0v) is 14.3. The fourth-order valence-corrected chi connectivity index (χ4v) is 4.40. The summed E-state index contributed by atoms with van der Waals surface area (Å²) in [5.74, 6) is 0.947. The third-order valence-electron chi connectivity index (χ3n) is 4.29. The van der Waals surface area contributed by atoms with Gasteiger partial charge in [-0.05, 0) is 12.1 Å². The number of H-pyrrole nitrogens is 1. The van der Waals surface area contributed by atoms with Crippen LogP contribution in [0.15, 0.2) is 52.3 Å². The van der Waals surface area contributed by atoms with Gasteiger partial charge in [0, 0.05) is 38.5 Å². The van der Waals surface area contributed by atoms with E-state index < -0.39 is 0 Å². The molecule has 0 fully saturated rings. The van der Waals surface area contributed by atoms with Crippen molar-refractivity contribution >= 4 is 60.7 Å².